The van der Waals surface area contributed by atoms with Gasteiger partial charge in [-0.3, -0.25) is 4.90 Å². The summed E-state index contributed by atoms with van der Waals surface area (Å²) in [5, 5.41) is 9.63. The van der Waals surface area contributed by atoms with E-state index in [4.69, 9.17) is 0 Å². The van der Waals surface area contributed by atoms with Gasteiger partial charge in [0.2, 0.25) is 0 Å². The molecule has 0 bridgehead atoms. The molecule has 0 aromatic heterocycles. The predicted octanol–water partition coefficient (Wildman–Crippen LogP) is 0.537. The zero-order valence-corrected chi connectivity index (χ0v) is 9.15. The van der Waals surface area contributed by atoms with Crippen molar-refractivity contribution in [3.8, 4) is 0 Å². The lowest BCUT2D eigenvalue weighted by Crippen LogP contribution is -2.50. The molecule has 3 nitrogen and oxygen atoms in total. The van der Waals surface area contributed by atoms with Crippen LogP contribution >= 0.6 is 0 Å². The van der Waals surface area contributed by atoms with Crippen LogP contribution < -0.4 is 0 Å². The molecule has 1 aliphatic carbocycles. The van der Waals surface area contributed by atoms with E-state index in [1.54, 1.807) is 0 Å². The van der Waals surface area contributed by atoms with Gasteiger partial charge in [0, 0.05) is 32.2 Å². The summed E-state index contributed by atoms with van der Waals surface area (Å²) in [5.41, 5.74) is 0. The van der Waals surface area contributed by atoms with Crippen LogP contribution in [-0.4, -0.2) is 60.3 Å². The lowest BCUT2D eigenvalue weighted by Gasteiger charge is -2.40. The minimum Gasteiger partial charge on any atom is -0.393 e. The predicted molar refractivity (Wildman–Crippen MR) is 57.3 cm³/mol. The average Bonchev–Trinajstić information content (AvgIpc) is 2.19. The van der Waals surface area contributed by atoms with Gasteiger partial charge in [-0.1, -0.05) is 0 Å². The lowest BCUT2D eigenvalue weighted by atomic mass is 9.91. The van der Waals surface area contributed by atoms with Gasteiger partial charge in [0.25, 0.3) is 0 Å². The van der Waals surface area contributed by atoms with Gasteiger partial charge in [0.05, 0.1) is 6.10 Å². The van der Waals surface area contributed by atoms with Crippen LogP contribution in [0.15, 0.2) is 0 Å². The fraction of sp³-hybridized carbons (Fsp3) is 1.00. The Balaban J connectivity index is 1.82. The fourth-order valence-electron chi connectivity index (χ4n) is 2.66. The van der Waals surface area contributed by atoms with Gasteiger partial charge < -0.3 is 10.0 Å². The van der Waals surface area contributed by atoms with E-state index in [9.17, 15) is 5.11 Å². The largest absolute Gasteiger partial charge is 0.393 e. The minimum atomic E-state index is -0.0339. The quantitative estimate of drug-likeness (QED) is 0.666. The zero-order valence-electron chi connectivity index (χ0n) is 9.15. The molecule has 14 heavy (non-hydrogen) atoms. The summed E-state index contributed by atoms with van der Waals surface area (Å²) in [6.45, 7) is 4.75. The summed E-state index contributed by atoms with van der Waals surface area (Å²) in [4.78, 5) is 4.96. The highest BCUT2D eigenvalue weighted by atomic mass is 16.3. The molecule has 0 amide bonds. The number of hydrogen-bond acceptors (Lipinski definition) is 3. The highest BCUT2D eigenvalue weighted by molar-refractivity contribution is 4.82. The molecule has 2 unspecified atom stereocenters. The van der Waals surface area contributed by atoms with Crippen LogP contribution in [0.2, 0.25) is 0 Å². The van der Waals surface area contributed by atoms with E-state index in [0.29, 0.717) is 6.04 Å². The molecule has 82 valence electrons. The van der Waals surface area contributed by atoms with Crippen molar-refractivity contribution in [3.63, 3.8) is 0 Å². The van der Waals surface area contributed by atoms with Gasteiger partial charge >= 0.3 is 0 Å². The molecule has 2 aliphatic rings. The summed E-state index contributed by atoms with van der Waals surface area (Å²) < 4.78 is 0. The molecule has 2 atom stereocenters. The molecular weight excluding hydrogens is 176 g/mol. The Labute approximate surface area is 86.7 Å². The van der Waals surface area contributed by atoms with Gasteiger partial charge in [-0.15, -0.1) is 0 Å². The van der Waals surface area contributed by atoms with Crippen molar-refractivity contribution in [1.29, 1.82) is 0 Å². The average molecular weight is 198 g/mol. The minimum absolute atomic E-state index is 0.0339. The van der Waals surface area contributed by atoms with E-state index in [1.807, 2.05) is 0 Å². The Morgan fingerprint density at radius 1 is 1.07 bits per heavy atom. The standard InChI is InChI=1S/C11H22N2O/c1-12-5-7-13(8-6-12)10-3-2-4-11(14)9-10/h10-11,14H,2-9H2,1H3. The number of rotatable bonds is 1. The van der Waals surface area contributed by atoms with Gasteiger partial charge in [-0.2, -0.15) is 0 Å². The Hall–Kier alpha value is -0.120. The second-order valence-electron chi connectivity index (χ2n) is 4.81. The van der Waals surface area contributed by atoms with E-state index in [-0.39, 0.29) is 6.10 Å². The maximum Gasteiger partial charge on any atom is 0.0555 e. The summed E-state index contributed by atoms with van der Waals surface area (Å²) in [6, 6.07) is 0.660. The van der Waals surface area contributed by atoms with Crippen LogP contribution in [0.3, 0.4) is 0 Å². The van der Waals surface area contributed by atoms with Crippen molar-refractivity contribution < 1.29 is 5.11 Å². The zero-order chi connectivity index (χ0) is 9.97. The number of aliphatic hydroxyl groups excluding tert-OH is 1. The molecule has 2 fully saturated rings. The smallest absolute Gasteiger partial charge is 0.0555 e. The van der Waals surface area contributed by atoms with E-state index in [0.717, 1.165) is 12.8 Å². The second kappa shape index (κ2) is 4.60. The lowest BCUT2D eigenvalue weighted by molar-refractivity contribution is 0.0390. The molecule has 0 spiro atoms. The molecule has 0 aromatic carbocycles. The summed E-state index contributed by atoms with van der Waals surface area (Å²) in [6.07, 6.45) is 4.49. The first-order valence-electron chi connectivity index (χ1n) is 5.86. The van der Waals surface area contributed by atoms with Crippen LogP contribution in [0.25, 0.3) is 0 Å². The fourth-order valence-corrected chi connectivity index (χ4v) is 2.66. The van der Waals surface area contributed by atoms with Crippen LogP contribution in [-0.2, 0) is 0 Å². The van der Waals surface area contributed by atoms with Crippen molar-refractivity contribution in [2.75, 3.05) is 33.2 Å². The third-order valence-electron chi connectivity index (χ3n) is 3.67. The molecule has 2 rings (SSSR count). The molecule has 0 radical (unpaired) electrons. The number of hydrogen-bond donors (Lipinski definition) is 1. The second-order valence-corrected chi connectivity index (χ2v) is 4.81. The van der Waals surface area contributed by atoms with Crippen molar-refractivity contribution in [2.45, 2.75) is 37.8 Å². The number of piperazine rings is 1. The first kappa shape index (κ1) is 10.4. The maximum atomic E-state index is 9.63. The molecule has 1 saturated carbocycles. The van der Waals surface area contributed by atoms with Crippen molar-refractivity contribution in [1.82, 2.24) is 9.80 Å². The normalized spacial score (nSPS) is 37.3. The van der Waals surface area contributed by atoms with Crippen molar-refractivity contribution in [3.05, 3.63) is 0 Å². The summed E-state index contributed by atoms with van der Waals surface area (Å²) >= 11 is 0. The van der Waals surface area contributed by atoms with Gasteiger partial charge in [-0.25, -0.2) is 0 Å². The molecule has 3 heteroatoms. The van der Waals surface area contributed by atoms with Crippen LogP contribution in [0.1, 0.15) is 25.7 Å². The Bertz CT molecular complexity index is 178. The van der Waals surface area contributed by atoms with Crippen molar-refractivity contribution in [2.24, 2.45) is 0 Å². The number of likely N-dealkylation sites (N-methyl/N-ethyl adjacent to an activating group) is 1. The van der Waals surface area contributed by atoms with Crippen LogP contribution in [0.5, 0.6) is 0 Å². The Morgan fingerprint density at radius 3 is 2.43 bits per heavy atom. The third kappa shape index (κ3) is 2.47. The van der Waals surface area contributed by atoms with Gasteiger partial charge in [-0.05, 0) is 32.7 Å². The maximum absolute atomic E-state index is 9.63. The van der Waals surface area contributed by atoms with E-state index < -0.39 is 0 Å². The van der Waals surface area contributed by atoms with Crippen LogP contribution in [0.4, 0.5) is 0 Å². The first-order valence-corrected chi connectivity index (χ1v) is 5.86. The highest BCUT2D eigenvalue weighted by Crippen LogP contribution is 2.23. The molecule has 1 heterocycles. The van der Waals surface area contributed by atoms with Crippen LogP contribution in [0, 0.1) is 0 Å². The van der Waals surface area contributed by atoms with Gasteiger partial charge in [0.15, 0.2) is 0 Å². The molecule has 0 aromatic rings. The molecular formula is C11H22N2O. The Kier molecular flexibility index (Phi) is 3.42. The van der Waals surface area contributed by atoms with E-state index in [1.165, 1.54) is 39.0 Å². The monoisotopic (exact) mass is 198 g/mol. The van der Waals surface area contributed by atoms with Gasteiger partial charge in [0.1, 0.15) is 0 Å². The Morgan fingerprint density at radius 2 is 1.79 bits per heavy atom. The van der Waals surface area contributed by atoms with E-state index in [2.05, 4.69) is 16.8 Å². The topological polar surface area (TPSA) is 26.7 Å². The molecule has 1 saturated heterocycles. The highest BCUT2D eigenvalue weighted by Gasteiger charge is 2.27. The number of aliphatic hydroxyl groups is 1. The molecule has 1 N–H and O–H groups in total. The number of nitrogens with zero attached hydrogens (tertiary/aromatic N) is 2. The first-order chi connectivity index (χ1) is 6.75. The van der Waals surface area contributed by atoms with Crippen molar-refractivity contribution >= 4 is 0 Å². The SMILES string of the molecule is CN1CCN(C2CCCC(O)C2)CC1. The summed E-state index contributed by atoms with van der Waals surface area (Å²) in [7, 11) is 2.19. The third-order valence-corrected chi connectivity index (χ3v) is 3.67. The van der Waals surface area contributed by atoms with E-state index >= 15 is 0 Å². The molecule has 1 aliphatic heterocycles. The summed E-state index contributed by atoms with van der Waals surface area (Å²) in [5.74, 6) is 0.